The first-order valence-corrected chi connectivity index (χ1v) is 10.6. The van der Waals surface area contributed by atoms with Crippen LogP contribution in [0, 0.1) is 17.7 Å². The van der Waals surface area contributed by atoms with Gasteiger partial charge in [-0.05, 0) is 37.7 Å². The number of hydrogen-bond donors (Lipinski definition) is 2. The molecule has 3 heterocycles. The summed E-state index contributed by atoms with van der Waals surface area (Å²) in [6.45, 7) is 6.70. The van der Waals surface area contributed by atoms with Crippen LogP contribution in [-0.2, 0) is 0 Å². The second-order valence-corrected chi connectivity index (χ2v) is 9.00. The van der Waals surface area contributed by atoms with Crippen LogP contribution in [0.25, 0.3) is 10.9 Å². The van der Waals surface area contributed by atoms with Crippen LogP contribution in [0.4, 0.5) is 10.1 Å². The second-order valence-electron chi connectivity index (χ2n) is 9.00. The van der Waals surface area contributed by atoms with Crippen LogP contribution in [0.3, 0.4) is 0 Å². The van der Waals surface area contributed by atoms with E-state index in [0.717, 1.165) is 6.54 Å². The molecule has 0 radical (unpaired) electrons. The quantitative estimate of drug-likeness (QED) is 0.781. The summed E-state index contributed by atoms with van der Waals surface area (Å²) < 4.78 is 23.0. The highest BCUT2D eigenvalue weighted by Gasteiger charge is 2.36. The Bertz CT molecular complexity index is 1090. The number of ether oxygens (including phenoxy) is 1. The number of nitrogens with one attached hydrogen (secondary N) is 1. The minimum atomic E-state index is -1.31. The highest BCUT2D eigenvalue weighted by atomic mass is 19.1. The molecule has 1 saturated carbocycles. The first kappa shape index (κ1) is 19.4. The van der Waals surface area contributed by atoms with Gasteiger partial charge >= 0.3 is 5.97 Å². The molecule has 1 aliphatic carbocycles. The Morgan fingerprint density at radius 1 is 1.33 bits per heavy atom. The van der Waals surface area contributed by atoms with Crippen molar-refractivity contribution in [3.63, 3.8) is 0 Å². The number of pyridine rings is 1. The summed E-state index contributed by atoms with van der Waals surface area (Å²) in [7, 11) is 0. The average Bonchev–Trinajstić information content (AvgIpc) is 3.46. The van der Waals surface area contributed by atoms with Crippen molar-refractivity contribution in [1.82, 2.24) is 9.88 Å². The first-order chi connectivity index (χ1) is 14.3. The van der Waals surface area contributed by atoms with Gasteiger partial charge in [-0.25, -0.2) is 9.18 Å². The van der Waals surface area contributed by atoms with Gasteiger partial charge < -0.3 is 24.6 Å². The van der Waals surface area contributed by atoms with E-state index in [0.29, 0.717) is 47.9 Å². The van der Waals surface area contributed by atoms with Crippen molar-refractivity contribution in [2.75, 3.05) is 31.1 Å². The fraction of sp³-hybridized carbons (Fsp3) is 0.545. The van der Waals surface area contributed by atoms with E-state index in [4.69, 9.17) is 4.74 Å². The molecule has 1 saturated heterocycles. The first-order valence-electron chi connectivity index (χ1n) is 10.6. The molecular formula is C22H26FN3O4. The van der Waals surface area contributed by atoms with Crippen LogP contribution in [0.15, 0.2) is 17.1 Å². The number of anilines is 1. The van der Waals surface area contributed by atoms with Gasteiger partial charge in [-0.3, -0.25) is 4.79 Å². The standard InChI is InChI=1S/C22H26FN3O4/c1-11-7-25(8-13(11)6-24-14-3-4-14)19-17(23)5-15-18-21(19)30-10-12(2)26(18)9-16(20(15)27)22(28)29/h5,9,11-14,24H,3-4,6-8,10H2,1-2H3,(H,28,29)/t11-,12+,13-/m1/s1. The van der Waals surface area contributed by atoms with Crippen molar-refractivity contribution in [1.29, 1.82) is 0 Å². The lowest BCUT2D eigenvalue weighted by atomic mass is 9.98. The second kappa shape index (κ2) is 6.97. The van der Waals surface area contributed by atoms with E-state index < -0.39 is 17.2 Å². The van der Waals surface area contributed by atoms with Crippen molar-refractivity contribution in [2.24, 2.45) is 11.8 Å². The Balaban J connectivity index is 1.60. The number of rotatable bonds is 5. The molecule has 30 heavy (non-hydrogen) atoms. The van der Waals surface area contributed by atoms with Gasteiger partial charge in [-0.15, -0.1) is 0 Å². The molecule has 2 aromatic rings. The summed E-state index contributed by atoms with van der Waals surface area (Å²) >= 11 is 0. The number of aromatic carboxylic acids is 1. The molecule has 0 spiro atoms. The fourth-order valence-corrected chi connectivity index (χ4v) is 4.75. The lowest BCUT2D eigenvalue weighted by Crippen LogP contribution is -2.30. The predicted octanol–water partition coefficient (Wildman–Crippen LogP) is 2.62. The zero-order valence-electron chi connectivity index (χ0n) is 17.2. The molecule has 3 aliphatic rings. The Morgan fingerprint density at radius 2 is 2.10 bits per heavy atom. The monoisotopic (exact) mass is 415 g/mol. The third kappa shape index (κ3) is 3.05. The lowest BCUT2D eigenvalue weighted by Gasteiger charge is -2.31. The van der Waals surface area contributed by atoms with Crippen molar-refractivity contribution in [3.05, 3.63) is 33.9 Å². The maximum absolute atomic E-state index is 15.3. The van der Waals surface area contributed by atoms with Crippen LogP contribution >= 0.6 is 0 Å². The molecule has 1 aromatic heterocycles. The average molecular weight is 415 g/mol. The molecule has 0 amide bonds. The summed E-state index contributed by atoms with van der Waals surface area (Å²) in [6, 6.07) is 1.65. The maximum atomic E-state index is 15.3. The third-order valence-corrected chi connectivity index (χ3v) is 6.70. The van der Waals surface area contributed by atoms with Crippen molar-refractivity contribution in [2.45, 2.75) is 38.8 Å². The fourth-order valence-electron chi connectivity index (χ4n) is 4.75. The van der Waals surface area contributed by atoms with E-state index in [9.17, 15) is 14.7 Å². The third-order valence-electron chi connectivity index (χ3n) is 6.70. The van der Waals surface area contributed by atoms with Crippen LogP contribution in [0.1, 0.15) is 43.1 Å². The minimum absolute atomic E-state index is 0.0527. The van der Waals surface area contributed by atoms with E-state index in [-0.39, 0.29) is 23.6 Å². The minimum Gasteiger partial charge on any atom is -0.487 e. The highest BCUT2D eigenvalue weighted by molar-refractivity contribution is 5.97. The topological polar surface area (TPSA) is 83.8 Å². The van der Waals surface area contributed by atoms with Crippen molar-refractivity contribution < 1.29 is 19.0 Å². The molecular weight excluding hydrogens is 389 g/mol. The van der Waals surface area contributed by atoms with E-state index in [2.05, 4.69) is 12.2 Å². The van der Waals surface area contributed by atoms with Gasteiger partial charge in [-0.1, -0.05) is 6.92 Å². The zero-order valence-corrected chi connectivity index (χ0v) is 17.2. The van der Waals surface area contributed by atoms with Gasteiger partial charge in [0.2, 0.25) is 5.43 Å². The Kier molecular flexibility index (Phi) is 4.50. The smallest absolute Gasteiger partial charge is 0.341 e. The number of halogens is 1. The molecule has 3 atom stereocenters. The summed E-state index contributed by atoms with van der Waals surface area (Å²) in [6.07, 6.45) is 3.83. The summed E-state index contributed by atoms with van der Waals surface area (Å²) in [4.78, 5) is 26.3. The molecule has 2 aliphatic heterocycles. The van der Waals surface area contributed by atoms with Crippen molar-refractivity contribution in [3.8, 4) is 5.75 Å². The van der Waals surface area contributed by atoms with E-state index in [1.807, 2.05) is 11.8 Å². The van der Waals surface area contributed by atoms with Gasteiger partial charge in [-0.2, -0.15) is 0 Å². The number of nitrogens with zero attached hydrogens (tertiary/aromatic N) is 2. The number of benzene rings is 1. The zero-order chi connectivity index (χ0) is 21.2. The largest absolute Gasteiger partial charge is 0.487 e. The number of carbonyl (C=O) groups is 1. The van der Waals surface area contributed by atoms with E-state index in [1.54, 1.807) is 4.57 Å². The summed E-state index contributed by atoms with van der Waals surface area (Å²) in [5.74, 6) is -0.694. The Morgan fingerprint density at radius 3 is 2.80 bits per heavy atom. The predicted molar refractivity (Wildman–Crippen MR) is 111 cm³/mol. The molecule has 0 unspecified atom stereocenters. The maximum Gasteiger partial charge on any atom is 0.341 e. The number of carboxylic acid groups (broad SMARTS) is 1. The van der Waals surface area contributed by atoms with Crippen molar-refractivity contribution >= 4 is 22.6 Å². The van der Waals surface area contributed by atoms with Crippen LogP contribution in [-0.4, -0.2) is 47.9 Å². The Labute approximate surface area is 173 Å². The molecule has 160 valence electrons. The SMILES string of the molecule is C[C@@H]1CN(c2c(F)cc3c(=O)c(C(=O)O)cn4c3c2OC[C@@H]4C)C[C@H]1CNC1CC1. The van der Waals surface area contributed by atoms with E-state index >= 15 is 4.39 Å². The van der Waals surface area contributed by atoms with Gasteiger partial charge in [0.1, 0.15) is 17.9 Å². The highest BCUT2D eigenvalue weighted by Crippen LogP contribution is 2.44. The van der Waals surface area contributed by atoms with Gasteiger partial charge in [0.05, 0.1) is 16.9 Å². The lowest BCUT2D eigenvalue weighted by molar-refractivity contribution is 0.0694. The number of hydrogen-bond acceptors (Lipinski definition) is 5. The molecule has 7 nitrogen and oxygen atoms in total. The summed E-state index contributed by atoms with van der Waals surface area (Å²) in [5, 5.41) is 13.0. The van der Waals surface area contributed by atoms with Crippen LogP contribution < -0.4 is 20.4 Å². The van der Waals surface area contributed by atoms with Gasteiger partial charge in [0, 0.05) is 31.9 Å². The summed E-state index contributed by atoms with van der Waals surface area (Å²) in [5.41, 5.74) is -0.173. The van der Waals surface area contributed by atoms with Crippen LogP contribution in [0.5, 0.6) is 5.75 Å². The molecule has 5 rings (SSSR count). The molecule has 8 heteroatoms. The molecule has 2 N–H and O–H groups in total. The number of carboxylic acids is 1. The molecule has 0 bridgehead atoms. The number of aromatic nitrogens is 1. The molecule has 1 aromatic carbocycles. The van der Waals surface area contributed by atoms with Crippen LogP contribution in [0.2, 0.25) is 0 Å². The van der Waals surface area contributed by atoms with Gasteiger partial charge in [0.15, 0.2) is 11.6 Å². The van der Waals surface area contributed by atoms with E-state index in [1.165, 1.54) is 25.1 Å². The van der Waals surface area contributed by atoms with Gasteiger partial charge in [0.25, 0.3) is 0 Å². The Hall–Kier alpha value is -2.61. The molecule has 2 fully saturated rings. The normalized spacial score (nSPS) is 25.6.